The average molecular weight is 234 g/mol. The van der Waals surface area contributed by atoms with Crippen molar-refractivity contribution < 1.29 is 4.79 Å². The first kappa shape index (κ1) is 13.2. The van der Waals surface area contributed by atoms with Crippen molar-refractivity contribution in [3.63, 3.8) is 0 Å². The SMILES string of the molecule is C=CCC(N)C(=O)Nc1cnccc1N(C)C. The van der Waals surface area contributed by atoms with Crippen molar-refractivity contribution in [3.8, 4) is 0 Å². The number of nitrogens with zero attached hydrogens (tertiary/aromatic N) is 2. The molecule has 3 N–H and O–H groups in total. The molecule has 0 spiro atoms. The molecule has 0 saturated heterocycles. The van der Waals surface area contributed by atoms with E-state index in [1.165, 1.54) is 0 Å². The summed E-state index contributed by atoms with van der Waals surface area (Å²) in [5.74, 6) is -0.235. The molecule has 0 aliphatic carbocycles. The zero-order chi connectivity index (χ0) is 12.8. The second-order valence-corrected chi connectivity index (χ2v) is 3.91. The molecule has 0 radical (unpaired) electrons. The lowest BCUT2D eigenvalue weighted by atomic mass is 10.2. The molecule has 0 bridgehead atoms. The summed E-state index contributed by atoms with van der Waals surface area (Å²) in [5, 5.41) is 2.76. The highest BCUT2D eigenvalue weighted by atomic mass is 16.2. The number of nitrogens with one attached hydrogen (secondary N) is 1. The fraction of sp³-hybridized carbons (Fsp3) is 0.333. The van der Waals surface area contributed by atoms with Gasteiger partial charge in [-0.25, -0.2) is 0 Å². The van der Waals surface area contributed by atoms with Gasteiger partial charge in [0.2, 0.25) is 5.91 Å². The van der Waals surface area contributed by atoms with E-state index in [1.54, 1.807) is 18.5 Å². The van der Waals surface area contributed by atoms with Gasteiger partial charge < -0.3 is 16.0 Å². The van der Waals surface area contributed by atoms with Crippen LogP contribution < -0.4 is 16.0 Å². The number of carbonyl (C=O) groups is 1. The molecule has 0 aliphatic heterocycles. The first-order valence-corrected chi connectivity index (χ1v) is 5.35. The van der Waals surface area contributed by atoms with Crippen molar-refractivity contribution in [2.24, 2.45) is 5.73 Å². The van der Waals surface area contributed by atoms with Crippen LogP contribution >= 0.6 is 0 Å². The normalized spacial score (nSPS) is 11.7. The molecular weight excluding hydrogens is 216 g/mol. The lowest BCUT2D eigenvalue weighted by Gasteiger charge is -2.18. The smallest absolute Gasteiger partial charge is 0.241 e. The minimum atomic E-state index is -0.581. The fourth-order valence-corrected chi connectivity index (χ4v) is 1.39. The molecule has 17 heavy (non-hydrogen) atoms. The molecule has 0 aliphatic rings. The van der Waals surface area contributed by atoms with Gasteiger partial charge in [0, 0.05) is 20.3 Å². The Hall–Kier alpha value is -1.88. The molecule has 0 fully saturated rings. The van der Waals surface area contributed by atoms with Crippen LogP contribution in [0.15, 0.2) is 31.1 Å². The topological polar surface area (TPSA) is 71.2 Å². The summed E-state index contributed by atoms with van der Waals surface area (Å²) in [7, 11) is 3.79. The zero-order valence-corrected chi connectivity index (χ0v) is 10.2. The number of nitrogens with two attached hydrogens (primary N) is 1. The molecule has 1 rings (SSSR count). The maximum atomic E-state index is 11.7. The van der Waals surface area contributed by atoms with E-state index in [2.05, 4.69) is 16.9 Å². The van der Waals surface area contributed by atoms with Crippen LogP contribution in [-0.2, 0) is 4.79 Å². The van der Waals surface area contributed by atoms with Crippen molar-refractivity contribution in [2.75, 3.05) is 24.3 Å². The van der Waals surface area contributed by atoms with Crippen molar-refractivity contribution in [2.45, 2.75) is 12.5 Å². The van der Waals surface area contributed by atoms with Crippen LogP contribution in [0.1, 0.15) is 6.42 Å². The van der Waals surface area contributed by atoms with E-state index >= 15 is 0 Å². The standard InChI is InChI=1S/C12H18N4O/c1-4-5-9(13)12(17)15-10-8-14-7-6-11(10)16(2)3/h4,6-9H,1,5,13H2,2-3H3,(H,15,17). The average Bonchev–Trinajstić information content (AvgIpc) is 2.29. The van der Waals surface area contributed by atoms with Crippen LogP contribution in [-0.4, -0.2) is 31.0 Å². The lowest BCUT2D eigenvalue weighted by molar-refractivity contribution is -0.117. The van der Waals surface area contributed by atoms with Gasteiger partial charge in [-0.15, -0.1) is 6.58 Å². The largest absolute Gasteiger partial charge is 0.376 e. The summed E-state index contributed by atoms with van der Waals surface area (Å²) in [5.41, 5.74) is 7.23. The van der Waals surface area contributed by atoms with E-state index in [9.17, 15) is 4.79 Å². The maximum absolute atomic E-state index is 11.7. The van der Waals surface area contributed by atoms with Crippen LogP contribution in [0.2, 0.25) is 0 Å². The highest BCUT2D eigenvalue weighted by Gasteiger charge is 2.14. The first-order chi connectivity index (χ1) is 8.06. The van der Waals surface area contributed by atoms with E-state index < -0.39 is 6.04 Å². The summed E-state index contributed by atoms with van der Waals surface area (Å²) in [6.07, 6.45) is 5.35. The molecular formula is C12H18N4O. The van der Waals surface area contributed by atoms with Gasteiger partial charge in [0.15, 0.2) is 0 Å². The van der Waals surface area contributed by atoms with E-state index in [4.69, 9.17) is 5.73 Å². The van der Waals surface area contributed by atoms with E-state index in [0.717, 1.165) is 5.69 Å². The van der Waals surface area contributed by atoms with Crippen LogP contribution in [0.5, 0.6) is 0 Å². The number of hydrogen-bond acceptors (Lipinski definition) is 4. The minimum Gasteiger partial charge on any atom is -0.376 e. The van der Waals surface area contributed by atoms with Gasteiger partial charge in [0.25, 0.3) is 0 Å². The predicted octanol–water partition coefficient (Wildman–Crippen LogP) is 0.989. The van der Waals surface area contributed by atoms with Gasteiger partial charge in [-0.3, -0.25) is 9.78 Å². The van der Waals surface area contributed by atoms with Crippen molar-refractivity contribution in [1.29, 1.82) is 0 Å². The molecule has 5 nitrogen and oxygen atoms in total. The van der Waals surface area contributed by atoms with Crippen LogP contribution in [0.25, 0.3) is 0 Å². The van der Waals surface area contributed by atoms with Gasteiger partial charge in [-0.2, -0.15) is 0 Å². The Morgan fingerprint density at radius 3 is 3.00 bits per heavy atom. The van der Waals surface area contributed by atoms with Gasteiger partial charge in [0.1, 0.15) is 0 Å². The van der Waals surface area contributed by atoms with Crippen LogP contribution in [0, 0.1) is 0 Å². The van der Waals surface area contributed by atoms with E-state index in [1.807, 2.05) is 25.1 Å². The van der Waals surface area contributed by atoms with Gasteiger partial charge in [-0.1, -0.05) is 6.08 Å². The summed E-state index contributed by atoms with van der Waals surface area (Å²) in [6.45, 7) is 3.56. The fourth-order valence-electron chi connectivity index (χ4n) is 1.39. The van der Waals surface area contributed by atoms with E-state index in [-0.39, 0.29) is 5.91 Å². The molecule has 1 amide bonds. The van der Waals surface area contributed by atoms with Gasteiger partial charge in [0.05, 0.1) is 23.6 Å². The number of amides is 1. The van der Waals surface area contributed by atoms with Crippen molar-refractivity contribution >= 4 is 17.3 Å². The summed E-state index contributed by atoms with van der Waals surface area (Å²) >= 11 is 0. The molecule has 0 aromatic carbocycles. The highest BCUT2D eigenvalue weighted by Crippen LogP contribution is 2.22. The Morgan fingerprint density at radius 1 is 1.71 bits per heavy atom. The van der Waals surface area contributed by atoms with E-state index in [0.29, 0.717) is 12.1 Å². The second kappa shape index (κ2) is 6.00. The number of hydrogen-bond donors (Lipinski definition) is 2. The van der Waals surface area contributed by atoms with Gasteiger partial charge >= 0.3 is 0 Å². The first-order valence-electron chi connectivity index (χ1n) is 5.35. The Labute approximate surface area is 101 Å². The van der Waals surface area contributed by atoms with Crippen molar-refractivity contribution in [3.05, 3.63) is 31.1 Å². The molecule has 0 saturated carbocycles. The number of rotatable bonds is 5. The maximum Gasteiger partial charge on any atom is 0.241 e. The monoisotopic (exact) mass is 234 g/mol. The van der Waals surface area contributed by atoms with Gasteiger partial charge in [-0.05, 0) is 12.5 Å². The third-order valence-corrected chi connectivity index (χ3v) is 2.30. The summed E-state index contributed by atoms with van der Waals surface area (Å²) in [4.78, 5) is 17.6. The number of aromatic nitrogens is 1. The number of pyridine rings is 1. The molecule has 1 heterocycles. The highest BCUT2D eigenvalue weighted by molar-refractivity contribution is 5.97. The number of carbonyl (C=O) groups excluding carboxylic acids is 1. The summed E-state index contributed by atoms with van der Waals surface area (Å²) in [6, 6.07) is 1.25. The van der Waals surface area contributed by atoms with Crippen molar-refractivity contribution in [1.82, 2.24) is 4.98 Å². The Bertz CT molecular complexity index is 403. The summed E-state index contributed by atoms with van der Waals surface area (Å²) < 4.78 is 0. The Balaban J connectivity index is 2.81. The third-order valence-electron chi connectivity index (χ3n) is 2.30. The quantitative estimate of drug-likeness (QED) is 0.745. The Kier molecular flexibility index (Phi) is 4.66. The minimum absolute atomic E-state index is 0.235. The van der Waals surface area contributed by atoms with Crippen LogP contribution in [0.4, 0.5) is 11.4 Å². The second-order valence-electron chi connectivity index (χ2n) is 3.91. The van der Waals surface area contributed by atoms with Crippen LogP contribution in [0.3, 0.4) is 0 Å². The Morgan fingerprint density at radius 2 is 2.41 bits per heavy atom. The molecule has 1 aromatic rings. The molecule has 5 heteroatoms. The predicted molar refractivity (Wildman–Crippen MR) is 70.0 cm³/mol. The molecule has 1 atom stereocenters. The zero-order valence-electron chi connectivity index (χ0n) is 10.2. The number of anilines is 2. The molecule has 1 aromatic heterocycles. The third kappa shape index (κ3) is 3.57. The lowest BCUT2D eigenvalue weighted by Crippen LogP contribution is -2.35. The molecule has 92 valence electrons. The molecule has 1 unspecified atom stereocenters.